The summed E-state index contributed by atoms with van der Waals surface area (Å²) in [6, 6.07) is 8.55. The quantitative estimate of drug-likeness (QED) is 0.373. The summed E-state index contributed by atoms with van der Waals surface area (Å²) in [6.45, 7) is 0. The standard InChI is InChI=1S/C12H11N5O2/c13-6-9-7-16-11(8-15-9)17(14)12(18)19-10-4-2-1-3-5-10/h1-8,13H,14H2. The van der Waals surface area contributed by atoms with E-state index in [1.807, 2.05) is 0 Å². The largest absolute Gasteiger partial charge is 0.435 e. The van der Waals surface area contributed by atoms with Gasteiger partial charge in [0.05, 0.1) is 18.1 Å². The SMILES string of the molecule is N=Cc1cnc(N(N)C(=O)Oc2ccccc2)cn1. The Hall–Kier alpha value is -2.80. The molecule has 0 aliphatic carbocycles. The van der Waals surface area contributed by atoms with E-state index in [9.17, 15) is 4.79 Å². The lowest BCUT2D eigenvalue weighted by molar-refractivity contribution is 0.207. The lowest BCUT2D eigenvalue weighted by Gasteiger charge is -2.14. The number of aromatic nitrogens is 2. The molecule has 0 saturated carbocycles. The van der Waals surface area contributed by atoms with Crippen LogP contribution in [0.5, 0.6) is 5.75 Å². The van der Waals surface area contributed by atoms with Crippen LogP contribution in [0.25, 0.3) is 0 Å². The number of carbonyl (C=O) groups is 1. The van der Waals surface area contributed by atoms with Crippen LogP contribution in [0.2, 0.25) is 0 Å². The second-order valence-electron chi connectivity index (χ2n) is 3.49. The topological polar surface area (TPSA) is 105 Å². The van der Waals surface area contributed by atoms with Gasteiger partial charge < -0.3 is 10.1 Å². The second-order valence-corrected chi connectivity index (χ2v) is 3.49. The number of nitrogens with two attached hydrogens (primary N) is 1. The van der Waals surface area contributed by atoms with E-state index in [1.54, 1.807) is 30.3 Å². The van der Waals surface area contributed by atoms with E-state index in [-0.39, 0.29) is 5.82 Å². The van der Waals surface area contributed by atoms with Crippen LogP contribution < -0.4 is 15.6 Å². The Balaban J connectivity index is 2.08. The maximum atomic E-state index is 11.7. The fourth-order valence-electron chi connectivity index (χ4n) is 1.26. The molecule has 2 rings (SSSR count). The molecule has 1 heterocycles. The van der Waals surface area contributed by atoms with Gasteiger partial charge in [0.1, 0.15) is 5.75 Å². The van der Waals surface area contributed by atoms with E-state index in [2.05, 4.69) is 9.97 Å². The summed E-state index contributed by atoms with van der Waals surface area (Å²) in [4.78, 5) is 19.5. The van der Waals surface area contributed by atoms with Crippen molar-refractivity contribution in [2.24, 2.45) is 5.84 Å². The molecule has 0 aliphatic rings. The molecule has 7 nitrogen and oxygen atoms in total. The first-order valence-corrected chi connectivity index (χ1v) is 5.35. The zero-order chi connectivity index (χ0) is 13.7. The molecule has 19 heavy (non-hydrogen) atoms. The van der Waals surface area contributed by atoms with E-state index in [0.717, 1.165) is 11.2 Å². The van der Waals surface area contributed by atoms with Crippen molar-refractivity contribution in [2.45, 2.75) is 0 Å². The minimum Gasteiger partial charge on any atom is -0.409 e. The second kappa shape index (κ2) is 5.69. The summed E-state index contributed by atoms with van der Waals surface area (Å²) in [5.74, 6) is 6.09. The first-order valence-electron chi connectivity index (χ1n) is 5.35. The van der Waals surface area contributed by atoms with E-state index < -0.39 is 6.09 Å². The fraction of sp³-hybridized carbons (Fsp3) is 0. The number of hydrogen-bond acceptors (Lipinski definition) is 6. The predicted molar refractivity (Wildman–Crippen MR) is 69.1 cm³/mol. The summed E-state index contributed by atoms with van der Waals surface area (Å²) in [5, 5.41) is 7.73. The molecule has 0 saturated heterocycles. The zero-order valence-corrected chi connectivity index (χ0v) is 9.85. The number of hydrogen-bond donors (Lipinski definition) is 2. The van der Waals surface area contributed by atoms with Gasteiger partial charge in [-0.25, -0.2) is 20.6 Å². The molecule has 96 valence electrons. The molecule has 0 radical (unpaired) electrons. The lowest BCUT2D eigenvalue weighted by atomic mass is 10.3. The number of nitrogens with zero attached hydrogens (tertiary/aromatic N) is 3. The third-order valence-electron chi connectivity index (χ3n) is 2.20. The van der Waals surface area contributed by atoms with Crippen LogP contribution in [0.3, 0.4) is 0 Å². The minimum atomic E-state index is -0.775. The Kier molecular flexibility index (Phi) is 3.79. The Labute approximate surface area is 109 Å². The number of anilines is 1. The number of carbonyl (C=O) groups excluding carboxylic acids is 1. The van der Waals surface area contributed by atoms with Gasteiger partial charge in [0.2, 0.25) is 0 Å². The number of benzene rings is 1. The first-order chi connectivity index (χ1) is 9.20. The van der Waals surface area contributed by atoms with Crippen molar-refractivity contribution in [1.29, 1.82) is 5.41 Å². The van der Waals surface area contributed by atoms with Crippen LogP contribution >= 0.6 is 0 Å². The van der Waals surface area contributed by atoms with Crippen LogP contribution in [-0.2, 0) is 0 Å². The monoisotopic (exact) mass is 257 g/mol. The van der Waals surface area contributed by atoms with Crippen LogP contribution in [-0.4, -0.2) is 22.3 Å². The molecule has 1 aromatic carbocycles. The first kappa shape index (κ1) is 12.7. The Morgan fingerprint density at radius 2 is 2.00 bits per heavy atom. The van der Waals surface area contributed by atoms with E-state index >= 15 is 0 Å². The van der Waals surface area contributed by atoms with E-state index in [4.69, 9.17) is 16.0 Å². The number of ether oxygens (including phenoxy) is 1. The molecule has 1 amide bonds. The van der Waals surface area contributed by atoms with Gasteiger partial charge in [0.15, 0.2) is 5.82 Å². The number of amides is 1. The summed E-state index contributed by atoms with van der Waals surface area (Å²) in [5.41, 5.74) is 0.369. The van der Waals surface area contributed by atoms with Crippen LogP contribution in [0, 0.1) is 5.41 Å². The van der Waals surface area contributed by atoms with Crippen molar-refractivity contribution in [3.63, 3.8) is 0 Å². The van der Waals surface area contributed by atoms with Crippen LogP contribution in [0.4, 0.5) is 10.6 Å². The summed E-state index contributed by atoms with van der Waals surface area (Å²) >= 11 is 0. The van der Waals surface area contributed by atoms with Crippen molar-refractivity contribution in [2.75, 3.05) is 5.01 Å². The third-order valence-corrected chi connectivity index (χ3v) is 2.20. The van der Waals surface area contributed by atoms with Gasteiger partial charge in [0, 0.05) is 6.21 Å². The molecule has 0 unspecified atom stereocenters. The lowest BCUT2D eigenvalue weighted by Crippen LogP contribution is -2.40. The molecule has 0 aliphatic heterocycles. The van der Waals surface area contributed by atoms with Crippen LogP contribution in [0.1, 0.15) is 5.69 Å². The predicted octanol–water partition coefficient (Wildman–Crippen LogP) is 1.35. The number of para-hydroxylation sites is 1. The highest BCUT2D eigenvalue weighted by Crippen LogP contribution is 2.12. The minimum absolute atomic E-state index is 0.131. The number of nitrogens with one attached hydrogen (secondary N) is 1. The highest BCUT2D eigenvalue weighted by Gasteiger charge is 2.15. The molecule has 3 N–H and O–H groups in total. The Bertz CT molecular complexity index is 570. The Morgan fingerprint density at radius 3 is 2.58 bits per heavy atom. The van der Waals surface area contributed by atoms with Gasteiger partial charge in [-0.3, -0.25) is 0 Å². The van der Waals surface area contributed by atoms with Crippen molar-refractivity contribution in [3.8, 4) is 5.75 Å². The zero-order valence-electron chi connectivity index (χ0n) is 9.85. The third kappa shape index (κ3) is 3.11. The molecular weight excluding hydrogens is 246 g/mol. The van der Waals surface area contributed by atoms with Crippen molar-refractivity contribution in [3.05, 3.63) is 48.4 Å². The maximum Gasteiger partial charge on any atom is 0.435 e. The van der Waals surface area contributed by atoms with Gasteiger partial charge in [-0.15, -0.1) is 0 Å². The highest BCUT2D eigenvalue weighted by atomic mass is 16.6. The van der Waals surface area contributed by atoms with Crippen molar-refractivity contribution < 1.29 is 9.53 Å². The molecular formula is C12H11N5O2. The molecule has 0 bridgehead atoms. The van der Waals surface area contributed by atoms with Gasteiger partial charge in [-0.05, 0) is 12.1 Å². The van der Waals surface area contributed by atoms with Gasteiger partial charge >= 0.3 is 6.09 Å². The number of hydrazine groups is 1. The van der Waals surface area contributed by atoms with Crippen molar-refractivity contribution in [1.82, 2.24) is 9.97 Å². The number of rotatable bonds is 3. The molecule has 1 aromatic heterocycles. The van der Waals surface area contributed by atoms with Gasteiger partial charge in [-0.2, -0.15) is 5.01 Å². The smallest absolute Gasteiger partial charge is 0.409 e. The van der Waals surface area contributed by atoms with Gasteiger partial charge in [-0.1, -0.05) is 18.2 Å². The van der Waals surface area contributed by atoms with Crippen LogP contribution in [0.15, 0.2) is 42.7 Å². The fourth-order valence-corrected chi connectivity index (χ4v) is 1.26. The molecule has 2 aromatic rings. The molecule has 0 atom stereocenters. The summed E-state index contributed by atoms with van der Waals surface area (Å²) in [6.07, 6.45) is 2.88. The van der Waals surface area contributed by atoms with Gasteiger partial charge in [0.25, 0.3) is 0 Å². The summed E-state index contributed by atoms with van der Waals surface area (Å²) in [7, 11) is 0. The average molecular weight is 257 g/mol. The van der Waals surface area contributed by atoms with E-state index in [1.165, 1.54) is 12.4 Å². The Morgan fingerprint density at radius 1 is 1.26 bits per heavy atom. The average Bonchev–Trinajstić information content (AvgIpc) is 2.47. The molecule has 0 fully saturated rings. The van der Waals surface area contributed by atoms with E-state index in [0.29, 0.717) is 11.4 Å². The normalized spacial score (nSPS) is 9.74. The van der Waals surface area contributed by atoms with Crippen molar-refractivity contribution >= 4 is 18.1 Å². The highest BCUT2D eigenvalue weighted by molar-refractivity contribution is 5.86. The summed E-state index contributed by atoms with van der Waals surface area (Å²) < 4.78 is 5.04. The molecule has 0 spiro atoms. The molecule has 7 heteroatoms. The maximum absolute atomic E-state index is 11.7.